The van der Waals surface area contributed by atoms with Crippen LogP contribution in [0.1, 0.15) is 67.3 Å². The molecule has 1 fully saturated rings. The van der Waals surface area contributed by atoms with Crippen molar-refractivity contribution in [3.05, 3.63) is 102 Å². The molecule has 0 unspecified atom stereocenters. The van der Waals surface area contributed by atoms with Gasteiger partial charge >= 0.3 is 6.03 Å². The Morgan fingerprint density at radius 3 is 2.29 bits per heavy atom. The normalized spacial score (nSPS) is 13.5. The van der Waals surface area contributed by atoms with Crippen LogP contribution in [-0.4, -0.2) is 88.4 Å². The van der Waals surface area contributed by atoms with Crippen LogP contribution in [0.25, 0.3) is 10.8 Å². The molecule has 1 aliphatic rings. The summed E-state index contributed by atoms with van der Waals surface area (Å²) in [6.45, 7) is 10.3. The lowest BCUT2D eigenvalue weighted by Gasteiger charge is -2.26. The first-order valence-electron chi connectivity index (χ1n) is 19.5. The van der Waals surface area contributed by atoms with Gasteiger partial charge in [0.2, 0.25) is 15.9 Å². The summed E-state index contributed by atoms with van der Waals surface area (Å²) in [6.07, 6.45) is 5.29. The van der Waals surface area contributed by atoms with Crippen LogP contribution in [0.2, 0.25) is 0 Å². The Balaban J connectivity index is 1.13. The molecule has 1 aromatic heterocycles. The summed E-state index contributed by atoms with van der Waals surface area (Å²) in [4.78, 5) is 38.1. The molecule has 6 rings (SSSR count). The van der Waals surface area contributed by atoms with E-state index in [1.165, 1.54) is 7.11 Å². The molecule has 312 valence electrons. The van der Waals surface area contributed by atoms with E-state index in [9.17, 15) is 18.0 Å². The molecule has 0 radical (unpaired) electrons. The fourth-order valence-corrected chi connectivity index (χ4v) is 7.42. The monoisotopic (exact) mass is 824 g/mol. The molecule has 2 heterocycles. The Labute approximate surface area is 345 Å². The largest absolute Gasteiger partial charge is 0.496 e. The van der Waals surface area contributed by atoms with Crippen LogP contribution in [-0.2, 0) is 26.6 Å². The number of Topliss-reactive ketones (excluding diaryl/α,β-unsaturated/α-hetero) is 1. The Hall–Kier alpha value is -5.77. The molecule has 14 nitrogen and oxygen atoms in total. The quantitative estimate of drug-likeness (QED) is 0.0650. The molecular formula is C44H52N6O8S. The van der Waals surface area contributed by atoms with Crippen molar-refractivity contribution in [3.63, 3.8) is 0 Å². The third-order valence-corrected chi connectivity index (χ3v) is 10.5. The fraction of sp³-hybridized carbons (Fsp3) is 0.364. The van der Waals surface area contributed by atoms with Gasteiger partial charge in [-0.3, -0.25) is 14.4 Å². The minimum atomic E-state index is -3.64. The van der Waals surface area contributed by atoms with E-state index in [-0.39, 0.29) is 22.6 Å². The molecule has 5 aromatic rings. The summed E-state index contributed by atoms with van der Waals surface area (Å²) in [5.74, 6) is 2.12. The molecule has 1 saturated heterocycles. The van der Waals surface area contributed by atoms with Crippen molar-refractivity contribution in [1.29, 1.82) is 0 Å². The lowest BCUT2D eigenvalue weighted by molar-refractivity contribution is 0.0371. The number of sulfonamides is 1. The van der Waals surface area contributed by atoms with Crippen LogP contribution in [0.15, 0.2) is 79.0 Å². The van der Waals surface area contributed by atoms with E-state index in [0.717, 1.165) is 68.5 Å². The highest BCUT2D eigenvalue weighted by atomic mass is 32.2. The Kier molecular flexibility index (Phi) is 13.7. The fourth-order valence-electron chi connectivity index (χ4n) is 6.87. The number of nitrogens with zero attached hydrogens (tertiary/aromatic N) is 3. The van der Waals surface area contributed by atoms with Gasteiger partial charge in [-0.15, -0.1) is 0 Å². The number of morpholine rings is 1. The van der Waals surface area contributed by atoms with Crippen LogP contribution in [0.4, 0.5) is 21.9 Å². The zero-order valence-corrected chi connectivity index (χ0v) is 35.2. The summed E-state index contributed by atoms with van der Waals surface area (Å²) >= 11 is 0. The molecule has 59 heavy (non-hydrogen) atoms. The maximum Gasteiger partial charge on any atom is 0.323 e. The smallest absolute Gasteiger partial charge is 0.323 e. The molecule has 1 aliphatic heterocycles. The number of benzene rings is 4. The number of fused-ring (bicyclic) bond motifs is 1. The number of hydrogen-bond acceptors (Lipinski definition) is 11. The average molecular weight is 825 g/mol. The number of urea groups is 1. The number of nitrogens with one attached hydrogen (secondary N) is 3. The van der Waals surface area contributed by atoms with E-state index in [4.69, 9.17) is 18.9 Å². The number of methoxy groups -OCH3 is 2. The maximum atomic E-state index is 13.5. The Morgan fingerprint density at radius 2 is 1.58 bits per heavy atom. The summed E-state index contributed by atoms with van der Waals surface area (Å²) in [5.41, 5.74) is 2.88. The van der Waals surface area contributed by atoms with Crippen molar-refractivity contribution >= 4 is 49.7 Å². The van der Waals surface area contributed by atoms with Crippen LogP contribution in [0.5, 0.6) is 23.1 Å². The molecule has 2 amide bonds. The lowest BCUT2D eigenvalue weighted by Crippen LogP contribution is -2.36. The van der Waals surface area contributed by atoms with Gasteiger partial charge in [0.25, 0.3) is 0 Å². The number of ketones is 1. The van der Waals surface area contributed by atoms with E-state index < -0.39 is 16.1 Å². The minimum absolute atomic E-state index is 0.0558. The van der Waals surface area contributed by atoms with E-state index in [1.54, 1.807) is 43.6 Å². The predicted molar refractivity (Wildman–Crippen MR) is 230 cm³/mol. The molecule has 3 N–H and O–H groups in total. The van der Waals surface area contributed by atoms with Crippen molar-refractivity contribution in [2.45, 2.75) is 51.9 Å². The number of hydrogen-bond donors (Lipinski definition) is 3. The predicted octanol–water partition coefficient (Wildman–Crippen LogP) is 8.03. The molecule has 0 atom stereocenters. The van der Waals surface area contributed by atoms with E-state index in [2.05, 4.69) is 30.2 Å². The molecule has 0 aliphatic carbocycles. The zero-order valence-electron chi connectivity index (χ0n) is 34.4. The highest BCUT2D eigenvalue weighted by Gasteiger charge is 2.23. The summed E-state index contributed by atoms with van der Waals surface area (Å²) in [7, 11) is -0.670. The summed E-state index contributed by atoms with van der Waals surface area (Å²) in [5, 5.41) is 7.20. The van der Waals surface area contributed by atoms with Gasteiger partial charge in [0.05, 0.1) is 56.3 Å². The van der Waals surface area contributed by atoms with Crippen molar-refractivity contribution in [2.75, 3.05) is 68.7 Å². The number of aromatic nitrogens is 2. The topological polar surface area (TPSA) is 170 Å². The first kappa shape index (κ1) is 42.8. The molecule has 15 heteroatoms. The molecule has 0 saturated carbocycles. The van der Waals surface area contributed by atoms with Crippen molar-refractivity contribution in [2.24, 2.45) is 0 Å². The van der Waals surface area contributed by atoms with Crippen molar-refractivity contribution < 1.29 is 37.0 Å². The number of amides is 2. The van der Waals surface area contributed by atoms with Gasteiger partial charge in [0.15, 0.2) is 11.5 Å². The van der Waals surface area contributed by atoms with Crippen LogP contribution in [0.3, 0.4) is 0 Å². The summed E-state index contributed by atoms with van der Waals surface area (Å²) < 4.78 is 49.8. The highest BCUT2D eigenvalue weighted by Crippen LogP contribution is 2.40. The second kappa shape index (κ2) is 18.9. The van der Waals surface area contributed by atoms with E-state index in [1.807, 2.05) is 63.2 Å². The standard InChI is InChI=1S/C44H52N6O8S/c1-44(2,3)30-27-35(42(56-5)36(28-30)49-59(6,53)54)47-43(52)46-34-16-17-38(32-12-8-7-11-31(32)34)58-41-18-19-45-40(48-41)26-29-14-15-33(39(25-29)55-4)37(51)13-9-10-20-50-21-23-57-24-22-50/h7-8,11-12,14-19,25,27-28,49H,9-10,13,20-24,26H2,1-6H3,(H2,46,47,52). The lowest BCUT2D eigenvalue weighted by atomic mass is 9.86. The van der Waals surface area contributed by atoms with E-state index in [0.29, 0.717) is 58.4 Å². The van der Waals surface area contributed by atoms with Crippen LogP contribution < -0.4 is 29.6 Å². The van der Waals surface area contributed by atoms with Gasteiger partial charge in [0, 0.05) is 49.0 Å². The number of ether oxygens (including phenoxy) is 4. The Morgan fingerprint density at radius 1 is 0.847 bits per heavy atom. The second-order valence-corrected chi connectivity index (χ2v) is 17.2. The molecule has 4 aromatic carbocycles. The SMILES string of the molecule is COc1cc(Cc2nccc(Oc3ccc(NC(=O)Nc4cc(C(C)(C)C)cc(NS(C)(=O)=O)c4OC)c4ccccc34)n2)ccc1C(=O)CCCCN1CCOCC1. The van der Waals surface area contributed by atoms with Crippen LogP contribution >= 0.6 is 0 Å². The first-order valence-corrected chi connectivity index (χ1v) is 21.4. The number of carbonyl (C=O) groups is 2. The van der Waals surface area contributed by atoms with Crippen molar-refractivity contribution in [3.8, 4) is 23.1 Å². The Bertz CT molecular complexity index is 2410. The number of rotatable bonds is 16. The zero-order chi connectivity index (χ0) is 42.2. The third kappa shape index (κ3) is 11.5. The van der Waals surface area contributed by atoms with Gasteiger partial charge in [-0.1, -0.05) is 51.1 Å². The molecule has 0 spiro atoms. The van der Waals surface area contributed by atoms with Crippen molar-refractivity contribution in [1.82, 2.24) is 14.9 Å². The van der Waals surface area contributed by atoms with Crippen LogP contribution in [0, 0.1) is 0 Å². The number of unbranched alkanes of at least 4 members (excludes halogenated alkanes) is 1. The average Bonchev–Trinajstić information content (AvgIpc) is 3.20. The summed E-state index contributed by atoms with van der Waals surface area (Å²) in [6, 6.07) is 21.1. The number of carbonyl (C=O) groups excluding carboxylic acids is 2. The first-order chi connectivity index (χ1) is 28.2. The molecule has 0 bridgehead atoms. The second-order valence-electron chi connectivity index (χ2n) is 15.4. The van der Waals surface area contributed by atoms with Gasteiger partial charge in [-0.25, -0.2) is 18.2 Å². The van der Waals surface area contributed by atoms with Gasteiger partial charge < -0.3 is 29.6 Å². The van der Waals surface area contributed by atoms with Gasteiger partial charge in [-0.2, -0.15) is 4.98 Å². The third-order valence-electron chi connectivity index (χ3n) is 9.89. The van der Waals surface area contributed by atoms with E-state index >= 15 is 0 Å². The minimum Gasteiger partial charge on any atom is -0.496 e. The molecular weight excluding hydrogens is 773 g/mol. The van der Waals surface area contributed by atoms with Gasteiger partial charge in [0.1, 0.15) is 17.3 Å². The highest BCUT2D eigenvalue weighted by molar-refractivity contribution is 7.92. The number of anilines is 3. The van der Waals surface area contributed by atoms with Gasteiger partial charge in [-0.05, 0) is 72.3 Å². The maximum absolute atomic E-state index is 13.5.